The monoisotopic (exact) mass is 335 g/mol. The third kappa shape index (κ3) is 2.73. The predicted molar refractivity (Wildman–Crippen MR) is 98.1 cm³/mol. The summed E-state index contributed by atoms with van der Waals surface area (Å²) in [7, 11) is -2.58. The summed E-state index contributed by atoms with van der Waals surface area (Å²) in [5, 5.41) is 14.6. The van der Waals surface area contributed by atoms with Crippen molar-refractivity contribution in [1.82, 2.24) is 0 Å². The second kappa shape index (κ2) is 6.96. The Morgan fingerprint density at radius 1 is 0.708 bits per heavy atom. The number of hydrogen-bond donors (Lipinski definition) is 1. The highest BCUT2D eigenvalue weighted by atomic mass is 31.2. The van der Waals surface area contributed by atoms with Crippen LogP contribution in [0.5, 0.6) is 0 Å². The van der Waals surface area contributed by atoms with Gasteiger partial charge in [-0.2, -0.15) is 0 Å². The molecule has 3 aromatic carbocycles. The second-order valence-corrected chi connectivity index (χ2v) is 9.04. The molecule has 0 spiro atoms. The Morgan fingerprint density at radius 3 is 1.25 bits per heavy atom. The van der Waals surface area contributed by atoms with Crippen molar-refractivity contribution in [1.29, 1.82) is 0 Å². The summed E-state index contributed by atoms with van der Waals surface area (Å²) in [5.41, 5.74) is 6.28. The summed E-state index contributed by atoms with van der Waals surface area (Å²) in [6.07, 6.45) is 0. The van der Waals surface area contributed by atoms with Gasteiger partial charge in [0.2, 0.25) is 0 Å². The van der Waals surface area contributed by atoms with E-state index in [9.17, 15) is 9.90 Å². The van der Waals surface area contributed by atoms with Gasteiger partial charge in [0.15, 0.2) is 5.78 Å². The minimum atomic E-state index is -2.58. The molecule has 24 heavy (non-hydrogen) atoms. The highest BCUT2D eigenvalue weighted by molar-refractivity contribution is 7.96. The van der Waals surface area contributed by atoms with Crippen LogP contribution in [0.25, 0.3) is 0 Å². The molecule has 3 aromatic rings. The van der Waals surface area contributed by atoms with E-state index in [4.69, 9.17) is 5.73 Å². The largest absolute Gasteiger partial charge is 0.544 e. The molecule has 0 heterocycles. The minimum absolute atomic E-state index is 0.930. The number of carbonyl (C=O) groups excluding carboxylic acids is 1. The van der Waals surface area contributed by atoms with Gasteiger partial charge in [0.1, 0.15) is 23.2 Å². The van der Waals surface area contributed by atoms with Crippen LogP contribution in [0.3, 0.4) is 0 Å². The lowest BCUT2D eigenvalue weighted by atomic mass is 10.4. The maximum Gasteiger partial charge on any atom is 0.171 e. The van der Waals surface area contributed by atoms with E-state index in [0.717, 1.165) is 15.9 Å². The SMILES string of the molecule is NC(C(=O)[O-])[P+](c1ccccc1)(c1ccccc1)c1ccccc1. The lowest BCUT2D eigenvalue weighted by molar-refractivity contribution is -0.304. The van der Waals surface area contributed by atoms with E-state index >= 15 is 0 Å². The van der Waals surface area contributed by atoms with E-state index in [-0.39, 0.29) is 0 Å². The van der Waals surface area contributed by atoms with Gasteiger partial charge in [0.25, 0.3) is 0 Å². The van der Waals surface area contributed by atoms with Crippen LogP contribution in [-0.4, -0.2) is 11.8 Å². The molecule has 120 valence electrons. The molecule has 1 atom stereocenters. The zero-order chi connectivity index (χ0) is 17.0. The first-order valence-corrected chi connectivity index (χ1v) is 9.55. The molecule has 0 saturated heterocycles. The standard InChI is InChI=1S/C20H18NO2P/c21-19(20(22)23)24(16-10-4-1-5-11-16,17-12-6-2-7-13-17)18-14-8-3-9-15-18/h1-15,19H,21H2. The van der Waals surface area contributed by atoms with Crippen molar-refractivity contribution in [2.24, 2.45) is 5.73 Å². The number of benzene rings is 3. The summed E-state index contributed by atoms with van der Waals surface area (Å²) in [6.45, 7) is 0. The van der Waals surface area contributed by atoms with Crippen molar-refractivity contribution in [2.45, 2.75) is 5.78 Å². The first kappa shape index (κ1) is 16.4. The van der Waals surface area contributed by atoms with Crippen LogP contribution in [0.4, 0.5) is 0 Å². The van der Waals surface area contributed by atoms with Crippen molar-refractivity contribution in [3.05, 3.63) is 91.0 Å². The molecule has 2 N–H and O–H groups in total. The summed E-state index contributed by atoms with van der Waals surface area (Å²) in [5.74, 6) is -2.36. The van der Waals surface area contributed by atoms with Gasteiger partial charge in [0, 0.05) is 0 Å². The Hall–Kier alpha value is -2.48. The zero-order valence-electron chi connectivity index (χ0n) is 13.1. The average Bonchev–Trinajstić information content (AvgIpc) is 2.65. The van der Waals surface area contributed by atoms with Gasteiger partial charge in [-0.1, -0.05) is 54.6 Å². The van der Waals surface area contributed by atoms with E-state index in [1.807, 2.05) is 91.0 Å². The number of carboxylic acids is 1. The molecule has 3 nitrogen and oxygen atoms in total. The van der Waals surface area contributed by atoms with Crippen molar-refractivity contribution < 1.29 is 9.90 Å². The molecule has 0 aliphatic rings. The van der Waals surface area contributed by atoms with Crippen LogP contribution in [0, 0.1) is 0 Å². The molecule has 0 saturated carbocycles. The van der Waals surface area contributed by atoms with Gasteiger partial charge < -0.3 is 9.90 Å². The van der Waals surface area contributed by atoms with Crippen molar-refractivity contribution in [2.75, 3.05) is 0 Å². The van der Waals surface area contributed by atoms with Crippen molar-refractivity contribution >= 4 is 29.1 Å². The molecule has 0 radical (unpaired) electrons. The molecular formula is C20H18NO2P. The molecule has 0 fully saturated rings. The van der Waals surface area contributed by atoms with Gasteiger partial charge in [-0.05, 0) is 36.4 Å². The average molecular weight is 335 g/mol. The number of carboxylic acid groups (broad SMARTS) is 1. The Morgan fingerprint density at radius 2 is 1.00 bits per heavy atom. The summed E-state index contributed by atoms with van der Waals surface area (Å²) < 4.78 is 0. The normalized spacial score (nSPS) is 12.5. The third-order valence-corrected chi connectivity index (χ3v) is 8.53. The maximum atomic E-state index is 11.9. The molecule has 4 heteroatoms. The Kier molecular flexibility index (Phi) is 4.75. The summed E-state index contributed by atoms with van der Waals surface area (Å²) in [4.78, 5) is 11.9. The van der Waals surface area contributed by atoms with Crippen molar-refractivity contribution in [3.8, 4) is 0 Å². The summed E-state index contributed by atoms with van der Waals surface area (Å²) >= 11 is 0. The zero-order valence-corrected chi connectivity index (χ0v) is 14.0. The third-order valence-electron chi connectivity index (χ3n) is 4.15. The fourth-order valence-corrected chi connectivity index (χ4v) is 7.18. The van der Waals surface area contributed by atoms with Crippen molar-refractivity contribution in [3.63, 3.8) is 0 Å². The lowest BCUT2D eigenvalue weighted by Crippen LogP contribution is -2.52. The maximum absolute atomic E-state index is 11.9. The number of aliphatic carboxylic acids is 1. The predicted octanol–water partition coefficient (Wildman–Crippen LogP) is 1.02. The number of hydrogen-bond acceptors (Lipinski definition) is 3. The van der Waals surface area contributed by atoms with Crippen LogP contribution >= 0.6 is 7.26 Å². The van der Waals surface area contributed by atoms with E-state index in [1.165, 1.54) is 0 Å². The number of carbonyl (C=O) groups is 1. The first-order valence-electron chi connectivity index (χ1n) is 7.69. The smallest absolute Gasteiger partial charge is 0.171 e. The molecule has 0 aliphatic carbocycles. The van der Waals surface area contributed by atoms with E-state index in [1.54, 1.807) is 0 Å². The Labute approximate surface area is 142 Å². The fourth-order valence-electron chi connectivity index (χ4n) is 3.08. The Bertz CT molecular complexity index is 710. The highest BCUT2D eigenvalue weighted by Gasteiger charge is 2.51. The molecule has 1 unspecified atom stereocenters. The molecular weight excluding hydrogens is 317 g/mol. The van der Waals surface area contributed by atoms with Crippen LogP contribution in [0.1, 0.15) is 0 Å². The van der Waals surface area contributed by atoms with Gasteiger partial charge in [-0.25, -0.2) is 0 Å². The summed E-state index contributed by atoms with van der Waals surface area (Å²) in [6, 6.07) is 29.0. The lowest BCUT2D eigenvalue weighted by Gasteiger charge is -2.32. The van der Waals surface area contributed by atoms with Crippen LogP contribution in [0.2, 0.25) is 0 Å². The van der Waals surface area contributed by atoms with Gasteiger partial charge in [-0.15, -0.1) is 0 Å². The molecule has 0 aromatic heterocycles. The molecule has 0 amide bonds. The number of rotatable bonds is 5. The van der Waals surface area contributed by atoms with Crippen LogP contribution in [-0.2, 0) is 4.79 Å². The molecule has 0 bridgehead atoms. The van der Waals surface area contributed by atoms with Crippen LogP contribution in [0.15, 0.2) is 91.0 Å². The minimum Gasteiger partial charge on any atom is -0.544 e. The van der Waals surface area contributed by atoms with Gasteiger partial charge in [-0.3, -0.25) is 5.73 Å². The van der Waals surface area contributed by atoms with Gasteiger partial charge in [0.05, 0.1) is 5.97 Å². The fraction of sp³-hybridized carbons (Fsp3) is 0.0500. The van der Waals surface area contributed by atoms with E-state index in [0.29, 0.717) is 0 Å². The molecule has 0 aliphatic heterocycles. The number of nitrogens with two attached hydrogens (primary N) is 1. The quantitative estimate of drug-likeness (QED) is 0.708. The topological polar surface area (TPSA) is 66.2 Å². The van der Waals surface area contributed by atoms with E-state index < -0.39 is 19.0 Å². The Balaban J connectivity index is 2.39. The second-order valence-electron chi connectivity index (χ2n) is 5.49. The van der Waals surface area contributed by atoms with Gasteiger partial charge >= 0.3 is 0 Å². The highest BCUT2D eigenvalue weighted by Crippen LogP contribution is 2.57. The van der Waals surface area contributed by atoms with E-state index in [2.05, 4.69) is 0 Å². The first-order chi connectivity index (χ1) is 11.7. The molecule has 3 rings (SSSR count). The van der Waals surface area contributed by atoms with Crippen LogP contribution < -0.4 is 26.8 Å².